The number of piperidine rings is 1. The third-order valence-electron chi connectivity index (χ3n) is 5.79. The molecule has 3 aromatic rings. The van der Waals surface area contributed by atoms with Gasteiger partial charge in [-0.05, 0) is 31.4 Å². The Balaban J connectivity index is 1.32. The van der Waals surface area contributed by atoms with Crippen LogP contribution in [0.4, 0.5) is 0 Å². The predicted octanol–water partition coefficient (Wildman–Crippen LogP) is 3.06. The molecule has 0 atom stereocenters. The Bertz CT molecular complexity index is 1160. The molecule has 0 aliphatic carbocycles. The molecular formula is C24H27ClN6O2. The van der Waals surface area contributed by atoms with Crippen LogP contribution >= 0.6 is 11.6 Å². The molecule has 1 aliphatic rings. The first-order valence-corrected chi connectivity index (χ1v) is 11.3. The summed E-state index contributed by atoms with van der Waals surface area (Å²) in [6, 6.07) is 10.0. The van der Waals surface area contributed by atoms with Gasteiger partial charge in [0.05, 0.1) is 24.0 Å². The number of likely N-dealkylation sites (tertiary alicyclic amines) is 1. The maximum Gasteiger partial charge on any atom is 0.254 e. The molecule has 2 aromatic heterocycles. The number of aryl methyl sites for hydroxylation is 2. The molecule has 1 aromatic carbocycles. The van der Waals surface area contributed by atoms with Crippen molar-refractivity contribution in [2.24, 2.45) is 7.05 Å². The van der Waals surface area contributed by atoms with Crippen molar-refractivity contribution in [1.29, 1.82) is 0 Å². The van der Waals surface area contributed by atoms with Crippen molar-refractivity contribution in [1.82, 2.24) is 29.8 Å². The number of aromatic nitrogens is 4. The lowest BCUT2D eigenvalue weighted by atomic mass is 10.0. The highest BCUT2D eigenvalue weighted by molar-refractivity contribution is 6.31. The minimum absolute atomic E-state index is 0.0404. The first kappa shape index (κ1) is 22.8. The van der Waals surface area contributed by atoms with E-state index in [4.69, 9.17) is 11.6 Å². The van der Waals surface area contributed by atoms with Crippen LogP contribution in [0.25, 0.3) is 6.08 Å². The largest absolute Gasteiger partial charge is 0.349 e. The predicted molar refractivity (Wildman–Crippen MR) is 127 cm³/mol. The summed E-state index contributed by atoms with van der Waals surface area (Å²) in [6.45, 7) is 3.62. The monoisotopic (exact) mass is 466 g/mol. The molecule has 8 nitrogen and oxygen atoms in total. The lowest BCUT2D eigenvalue weighted by Gasteiger charge is -2.31. The number of amides is 2. The lowest BCUT2D eigenvalue weighted by molar-refractivity contribution is -0.126. The molecule has 1 saturated heterocycles. The molecule has 1 fully saturated rings. The molecule has 0 bridgehead atoms. The van der Waals surface area contributed by atoms with Crippen molar-refractivity contribution in [2.75, 3.05) is 13.1 Å². The van der Waals surface area contributed by atoms with E-state index in [-0.39, 0.29) is 17.9 Å². The van der Waals surface area contributed by atoms with Crippen LogP contribution in [0.2, 0.25) is 5.15 Å². The van der Waals surface area contributed by atoms with E-state index in [1.165, 1.54) is 0 Å². The zero-order valence-electron chi connectivity index (χ0n) is 18.7. The van der Waals surface area contributed by atoms with Crippen LogP contribution in [-0.2, 0) is 18.4 Å². The summed E-state index contributed by atoms with van der Waals surface area (Å²) in [6.07, 6.45) is 7.95. The number of nitrogens with zero attached hydrogens (tertiary/aromatic N) is 5. The molecule has 0 spiro atoms. The normalized spacial score (nSPS) is 14.7. The first-order chi connectivity index (χ1) is 15.9. The summed E-state index contributed by atoms with van der Waals surface area (Å²) in [5, 5.41) is 12.1. The van der Waals surface area contributed by atoms with Crippen molar-refractivity contribution in [3.8, 4) is 0 Å². The van der Waals surface area contributed by atoms with Gasteiger partial charge in [-0.25, -0.2) is 4.68 Å². The molecule has 3 heterocycles. The summed E-state index contributed by atoms with van der Waals surface area (Å²) in [4.78, 5) is 26.8. The Morgan fingerprint density at radius 2 is 1.94 bits per heavy atom. The van der Waals surface area contributed by atoms with Crippen molar-refractivity contribution in [2.45, 2.75) is 32.4 Å². The Labute approximate surface area is 197 Å². The van der Waals surface area contributed by atoms with Gasteiger partial charge in [-0.3, -0.25) is 14.3 Å². The van der Waals surface area contributed by atoms with Gasteiger partial charge in [0.25, 0.3) is 5.91 Å². The van der Waals surface area contributed by atoms with Crippen LogP contribution < -0.4 is 5.32 Å². The second kappa shape index (κ2) is 10.0. The van der Waals surface area contributed by atoms with Gasteiger partial charge in [-0.2, -0.15) is 10.2 Å². The van der Waals surface area contributed by atoms with Crippen LogP contribution in [-0.4, -0.2) is 55.4 Å². The highest BCUT2D eigenvalue weighted by Gasteiger charge is 2.23. The molecule has 0 unspecified atom stereocenters. The van der Waals surface area contributed by atoms with Crippen LogP contribution in [0.3, 0.4) is 0 Å². The average molecular weight is 467 g/mol. The summed E-state index contributed by atoms with van der Waals surface area (Å²) < 4.78 is 3.34. The van der Waals surface area contributed by atoms with Crippen molar-refractivity contribution < 1.29 is 9.59 Å². The zero-order valence-corrected chi connectivity index (χ0v) is 19.5. The number of hydrogen-bond donors (Lipinski definition) is 1. The number of hydrogen-bond acceptors (Lipinski definition) is 4. The average Bonchev–Trinajstić information content (AvgIpc) is 3.36. The molecule has 1 N–H and O–H groups in total. The third-order valence-corrected chi connectivity index (χ3v) is 6.18. The van der Waals surface area contributed by atoms with E-state index in [2.05, 4.69) is 15.5 Å². The van der Waals surface area contributed by atoms with Crippen molar-refractivity contribution in [3.05, 3.63) is 76.3 Å². The SMILES string of the molecule is Cc1nn(Cc2ccccc2)c(Cl)c1/C=C/C(=O)N1CCC(NC(=O)c2cnn(C)c2)CC1. The number of rotatable bonds is 6. The molecule has 0 radical (unpaired) electrons. The fourth-order valence-electron chi connectivity index (χ4n) is 3.93. The molecular weight excluding hydrogens is 440 g/mol. The van der Waals surface area contributed by atoms with Crippen LogP contribution in [0, 0.1) is 6.92 Å². The second-order valence-electron chi connectivity index (χ2n) is 8.24. The molecule has 2 amide bonds. The van der Waals surface area contributed by atoms with E-state index < -0.39 is 0 Å². The van der Waals surface area contributed by atoms with Gasteiger partial charge in [-0.15, -0.1) is 0 Å². The second-order valence-corrected chi connectivity index (χ2v) is 8.60. The van der Waals surface area contributed by atoms with Crippen molar-refractivity contribution in [3.63, 3.8) is 0 Å². The molecule has 33 heavy (non-hydrogen) atoms. The lowest BCUT2D eigenvalue weighted by Crippen LogP contribution is -2.46. The smallest absolute Gasteiger partial charge is 0.254 e. The Kier molecular flexibility index (Phi) is 6.93. The van der Waals surface area contributed by atoms with E-state index in [0.29, 0.717) is 43.2 Å². The number of carbonyl (C=O) groups is 2. The topological polar surface area (TPSA) is 85.1 Å². The fourth-order valence-corrected chi connectivity index (χ4v) is 4.23. The zero-order chi connectivity index (χ0) is 23.4. The van der Waals surface area contributed by atoms with Gasteiger partial charge in [-0.1, -0.05) is 41.9 Å². The van der Waals surface area contributed by atoms with Gasteiger partial charge in [0.1, 0.15) is 5.15 Å². The summed E-state index contributed by atoms with van der Waals surface area (Å²) >= 11 is 6.55. The molecule has 9 heteroatoms. The number of halogens is 1. The van der Waals surface area contributed by atoms with Gasteiger partial charge in [0.15, 0.2) is 0 Å². The maximum atomic E-state index is 12.7. The fraction of sp³-hybridized carbons (Fsp3) is 0.333. The van der Waals surface area contributed by atoms with Crippen LogP contribution in [0.15, 0.2) is 48.8 Å². The third kappa shape index (κ3) is 5.51. The van der Waals surface area contributed by atoms with Gasteiger partial charge in [0, 0.05) is 44.0 Å². The Morgan fingerprint density at radius 3 is 2.61 bits per heavy atom. The van der Waals surface area contributed by atoms with E-state index >= 15 is 0 Å². The maximum absolute atomic E-state index is 12.7. The minimum Gasteiger partial charge on any atom is -0.349 e. The standard InChI is InChI=1S/C24H27ClN6O2/c1-17-21(23(25)31(28-17)15-18-6-4-3-5-7-18)8-9-22(32)30-12-10-20(11-13-30)27-24(33)19-14-26-29(2)16-19/h3-9,14,16,20H,10-13,15H2,1-2H3,(H,27,33)/b9-8+. The Morgan fingerprint density at radius 1 is 1.21 bits per heavy atom. The van der Waals surface area contributed by atoms with E-state index in [9.17, 15) is 9.59 Å². The summed E-state index contributed by atoms with van der Waals surface area (Å²) in [5.41, 5.74) is 3.17. The summed E-state index contributed by atoms with van der Waals surface area (Å²) in [5.74, 6) is -0.205. The highest BCUT2D eigenvalue weighted by atomic mass is 35.5. The van der Waals surface area contributed by atoms with Crippen LogP contribution in [0.1, 0.15) is 40.0 Å². The number of benzene rings is 1. The van der Waals surface area contributed by atoms with Crippen LogP contribution in [0.5, 0.6) is 0 Å². The molecule has 1 aliphatic heterocycles. The van der Waals surface area contributed by atoms with Gasteiger partial charge in [0.2, 0.25) is 5.91 Å². The van der Waals surface area contributed by atoms with E-state index in [1.54, 1.807) is 45.9 Å². The first-order valence-electron chi connectivity index (χ1n) is 10.9. The molecule has 172 valence electrons. The van der Waals surface area contributed by atoms with E-state index in [0.717, 1.165) is 16.8 Å². The Hall–Kier alpha value is -3.39. The highest BCUT2D eigenvalue weighted by Crippen LogP contribution is 2.23. The van der Waals surface area contributed by atoms with Crippen molar-refractivity contribution >= 4 is 29.5 Å². The quantitative estimate of drug-likeness (QED) is 0.566. The van der Waals surface area contributed by atoms with Gasteiger partial charge < -0.3 is 10.2 Å². The van der Waals surface area contributed by atoms with Gasteiger partial charge >= 0.3 is 0 Å². The number of carbonyl (C=O) groups excluding carboxylic acids is 2. The number of nitrogens with one attached hydrogen (secondary N) is 1. The molecule has 0 saturated carbocycles. The minimum atomic E-state index is -0.134. The summed E-state index contributed by atoms with van der Waals surface area (Å²) in [7, 11) is 1.78. The molecule has 4 rings (SSSR count). The van der Waals surface area contributed by atoms with E-state index in [1.807, 2.05) is 37.3 Å².